The Morgan fingerprint density at radius 2 is 2.26 bits per heavy atom. The Hall–Kier alpha value is -1.95. The lowest BCUT2D eigenvalue weighted by atomic mass is 9.99. The van der Waals surface area contributed by atoms with Crippen LogP contribution in [0.4, 0.5) is 4.39 Å². The van der Waals surface area contributed by atoms with Gasteiger partial charge in [-0.3, -0.25) is 0 Å². The van der Waals surface area contributed by atoms with Crippen molar-refractivity contribution in [2.24, 2.45) is 11.7 Å². The van der Waals surface area contributed by atoms with Crippen LogP contribution in [0, 0.1) is 11.7 Å². The minimum atomic E-state index is -0.406. The molecule has 1 aliphatic heterocycles. The van der Waals surface area contributed by atoms with Gasteiger partial charge in [-0.05, 0) is 37.1 Å². The Morgan fingerprint density at radius 3 is 3.05 bits per heavy atom. The van der Waals surface area contributed by atoms with E-state index in [1.807, 2.05) is 4.57 Å². The fourth-order valence-electron chi connectivity index (χ4n) is 2.47. The SMILES string of the molecule is NCC1CCc2nnc(-c3cc(F)ccc3O)n2C1. The third kappa shape index (κ3) is 2.08. The fraction of sp³-hybridized carbons (Fsp3) is 0.385. The second-order valence-corrected chi connectivity index (χ2v) is 4.85. The summed E-state index contributed by atoms with van der Waals surface area (Å²) in [5.74, 6) is 1.34. The summed E-state index contributed by atoms with van der Waals surface area (Å²) in [6, 6.07) is 3.82. The van der Waals surface area contributed by atoms with Crippen molar-refractivity contribution in [1.29, 1.82) is 0 Å². The van der Waals surface area contributed by atoms with Crippen LogP contribution in [0.5, 0.6) is 5.75 Å². The Bertz CT molecular complexity index is 611. The number of phenolic OH excluding ortho intramolecular Hbond substituents is 1. The van der Waals surface area contributed by atoms with Gasteiger partial charge in [-0.1, -0.05) is 0 Å². The van der Waals surface area contributed by atoms with E-state index in [2.05, 4.69) is 10.2 Å². The summed E-state index contributed by atoms with van der Waals surface area (Å²) in [4.78, 5) is 0. The zero-order valence-electron chi connectivity index (χ0n) is 10.4. The Balaban J connectivity index is 2.07. The molecule has 1 unspecified atom stereocenters. The molecule has 5 nitrogen and oxygen atoms in total. The first-order chi connectivity index (χ1) is 9.19. The van der Waals surface area contributed by atoms with Crippen molar-refractivity contribution in [2.45, 2.75) is 19.4 Å². The van der Waals surface area contributed by atoms with E-state index in [4.69, 9.17) is 5.73 Å². The van der Waals surface area contributed by atoms with Gasteiger partial charge in [0.25, 0.3) is 0 Å². The van der Waals surface area contributed by atoms with Crippen LogP contribution in [0.3, 0.4) is 0 Å². The molecule has 1 aliphatic rings. The lowest BCUT2D eigenvalue weighted by Crippen LogP contribution is -2.26. The number of hydrogen-bond acceptors (Lipinski definition) is 4. The van der Waals surface area contributed by atoms with E-state index >= 15 is 0 Å². The van der Waals surface area contributed by atoms with Crippen molar-refractivity contribution < 1.29 is 9.50 Å². The lowest BCUT2D eigenvalue weighted by Gasteiger charge is -2.23. The highest BCUT2D eigenvalue weighted by Gasteiger charge is 2.24. The molecule has 1 aromatic heterocycles. The highest BCUT2D eigenvalue weighted by molar-refractivity contribution is 5.64. The summed E-state index contributed by atoms with van der Waals surface area (Å²) in [6.07, 6.45) is 1.80. The second kappa shape index (κ2) is 4.62. The second-order valence-electron chi connectivity index (χ2n) is 4.85. The average Bonchev–Trinajstić information content (AvgIpc) is 2.84. The standard InChI is InChI=1S/C13H15FN4O/c14-9-2-3-11(19)10(5-9)13-17-16-12-4-1-8(6-15)7-18(12)13/h2-3,5,8,19H,1,4,6-7,15H2. The molecule has 19 heavy (non-hydrogen) atoms. The van der Waals surface area contributed by atoms with Crippen LogP contribution >= 0.6 is 0 Å². The van der Waals surface area contributed by atoms with E-state index in [-0.39, 0.29) is 5.75 Å². The number of phenols is 1. The maximum Gasteiger partial charge on any atom is 0.167 e. The quantitative estimate of drug-likeness (QED) is 0.855. The van der Waals surface area contributed by atoms with Crippen LogP contribution < -0.4 is 5.73 Å². The number of nitrogens with zero attached hydrogens (tertiary/aromatic N) is 3. The van der Waals surface area contributed by atoms with Crippen LogP contribution in [0.1, 0.15) is 12.2 Å². The van der Waals surface area contributed by atoms with E-state index in [1.165, 1.54) is 18.2 Å². The number of fused-ring (bicyclic) bond motifs is 1. The molecule has 0 spiro atoms. The van der Waals surface area contributed by atoms with Gasteiger partial charge in [0.1, 0.15) is 17.4 Å². The summed E-state index contributed by atoms with van der Waals surface area (Å²) >= 11 is 0. The van der Waals surface area contributed by atoms with Gasteiger partial charge in [0.2, 0.25) is 0 Å². The first kappa shape index (κ1) is 12.1. The molecule has 3 N–H and O–H groups in total. The Labute approximate surface area is 109 Å². The first-order valence-corrected chi connectivity index (χ1v) is 6.30. The van der Waals surface area contributed by atoms with E-state index in [0.717, 1.165) is 18.7 Å². The van der Waals surface area contributed by atoms with Gasteiger partial charge in [0.15, 0.2) is 5.82 Å². The fourth-order valence-corrected chi connectivity index (χ4v) is 2.47. The number of nitrogens with two attached hydrogens (primary N) is 1. The zero-order chi connectivity index (χ0) is 13.4. The van der Waals surface area contributed by atoms with Gasteiger partial charge in [0.05, 0.1) is 5.56 Å². The third-order valence-corrected chi connectivity index (χ3v) is 3.58. The van der Waals surface area contributed by atoms with Crippen molar-refractivity contribution >= 4 is 0 Å². The Morgan fingerprint density at radius 1 is 1.42 bits per heavy atom. The van der Waals surface area contributed by atoms with Gasteiger partial charge in [-0.25, -0.2) is 4.39 Å². The number of benzene rings is 1. The third-order valence-electron chi connectivity index (χ3n) is 3.58. The predicted molar refractivity (Wildman–Crippen MR) is 67.9 cm³/mol. The molecule has 0 radical (unpaired) electrons. The summed E-state index contributed by atoms with van der Waals surface area (Å²) in [5.41, 5.74) is 6.08. The molecular formula is C13H15FN4O. The molecule has 0 aliphatic carbocycles. The minimum Gasteiger partial charge on any atom is -0.507 e. The van der Waals surface area contributed by atoms with Gasteiger partial charge in [0, 0.05) is 13.0 Å². The van der Waals surface area contributed by atoms with E-state index in [9.17, 15) is 9.50 Å². The van der Waals surface area contributed by atoms with Gasteiger partial charge >= 0.3 is 0 Å². The number of hydrogen-bond donors (Lipinski definition) is 2. The molecule has 0 fully saturated rings. The molecule has 0 amide bonds. The van der Waals surface area contributed by atoms with Crippen molar-refractivity contribution in [3.05, 3.63) is 29.8 Å². The molecule has 1 aromatic carbocycles. The first-order valence-electron chi connectivity index (χ1n) is 6.30. The number of aromatic hydroxyl groups is 1. The average molecular weight is 262 g/mol. The molecule has 1 atom stereocenters. The van der Waals surface area contributed by atoms with Gasteiger partial charge in [-0.2, -0.15) is 0 Å². The van der Waals surface area contributed by atoms with E-state index in [1.54, 1.807) is 0 Å². The summed E-state index contributed by atoms with van der Waals surface area (Å²) in [6.45, 7) is 1.32. The van der Waals surface area contributed by atoms with E-state index < -0.39 is 5.82 Å². The van der Waals surface area contributed by atoms with Crippen LogP contribution in [-0.2, 0) is 13.0 Å². The minimum absolute atomic E-state index is 0.00599. The summed E-state index contributed by atoms with van der Waals surface area (Å²) < 4.78 is 15.3. The van der Waals surface area contributed by atoms with Crippen LogP contribution in [0.25, 0.3) is 11.4 Å². The molecule has 0 saturated heterocycles. The number of halogens is 1. The maximum absolute atomic E-state index is 13.3. The molecule has 0 bridgehead atoms. The molecule has 3 rings (SSSR count). The van der Waals surface area contributed by atoms with Crippen molar-refractivity contribution in [3.63, 3.8) is 0 Å². The van der Waals surface area contributed by atoms with Crippen molar-refractivity contribution in [1.82, 2.24) is 14.8 Å². The van der Waals surface area contributed by atoms with Crippen molar-refractivity contribution in [3.8, 4) is 17.1 Å². The molecule has 2 heterocycles. The molecule has 0 saturated carbocycles. The number of aryl methyl sites for hydroxylation is 1. The maximum atomic E-state index is 13.3. The van der Waals surface area contributed by atoms with Gasteiger partial charge < -0.3 is 15.4 Å². The normalized spacial score (nSPS) is 18.3. The van der Waals surface area contributed by atoms with Crippen LogP contribution in [0.2, 0.25) is 0 Å². The summed E-state index contributed by atoms with van der Waals surface area (Å²) in [7, 11) is 0. The predicted octanol–water partition coefficient (Wildman–Crippen LogP) is 1.31. The lowest BCUT2D eigenvalue weighted by molar-refractivity contribution is 0.375. The van der Waals surface area contributed by atoms with Crippen LogP contribution in [0.15, 0.2) is 18.2 Å². The monoisotopic (exact) mass is 262 g/mol. The highest BCUT2D eigenvalue weighted by atomic mass is 19.1. The molecule has 6 heteroatoms. The number of rotatable bonds is 2. The van der Waals surface area contributed by atoms with Crippen molar-refractivity contribution in [2.75, 3.05) is 6.54 Å². The van der Waals surface area contributed by atoms with E-state index in [0.29, 0.717) is 30.4 Å². The molecule has 2 aromatic rings. The van der Waals surface area contributed by atoms with Gasteiger partial charge in [-0.15, -0.1) is 10.2 Å². The largest absolute Gasteiger partial charge is 0.507 e. The zero-order valence-corrected chi connectivity index (χ0v) is 10.4. The Kier molecular flexibility index (Phi) is 2.94. The number of aromatic nitrogens is 3. The topological polar surface area (TPSA) is 77.0 Å². The smallest absolute Gasteiger partial charge is 0.167 e. The van der Waals surface area contributed by atoms with Crippen LogP contribution in [-0.4, -0.2) is 26.4 Å². The molecular weight excluding hydrogens is 247 g/mol. The summed E-state index contributed by atoms with van der Waals surface area (Å²) in [5, 5.41) is 18.1. The molecule has 100 valence electrons. The highest BCUT2D eigenvalue weighted by Crippen LogP contribution is 2.31.